The van der Waals surface area contributed by atoms with Gasteiger partial charge in [0.2, 0.25) is 0 Å². The second-order valence-corrected chi connectivity index (χ2v) is 6.14. The molecular formula is C18H20FN5O3. The van der Waals surface area contributed by atoms with Gasteiger partial charge in [0.15, 0.2) is 5.82 Å². The van der Waals surface area contributed by atoms with Gasteiger partial charge < -0.3 is 20.6 Å². The lowest BCUT2D eigenvalue weighted by atomic mass is 10.1. The van der Waals surface area contributed by atoms with Gasteiger partial charge in [-0.25, -0.2) is 14.0 Å². The zero-order valence-electron chi connectivity index (χ0n) is 14.6. The number of nitrogens with one attached hydrogen (secondary N) is 2. The fourth-order valence-corrected chi connectivity index (χ4v) is 2.86. The maximum Gasteiger partial charge on any atom is 0.407 e. The number of amides is 3. The number of urea groups is 1. The number of hydrogen-bond donors (Lipinski definition) is 3. The molecule has 8 nitrogen and oxygen atoms in total. The van der Waals surface area contributed by atoms with Crippen molar-refractivity contribution in [3.05, 3.63) is 54.1 Å². The molecule has 2 heterocycles. The van der Waals surface area contributed by atoms with Crippen LogP contribution in [0.3, 0.4) is 0 Å². The van der Waals surface area contributed by atoms with Crippen LogP contribution >= 0.6 is 0 Å². The van der Waals surface area contributed by atoms with Crippen LogP contribution < -0.4 is 10.6 Å². The molecule has 1 aliphatic heterocycles. The summed E-state index contributed by atoms with van der Waals surface area (Å²) in [5.41, 5.74) is 1.08. The second kappa shape index (κ2) is 8.45. The quantitative estimate of drug-likeness (QED) is 0.765. The molecule has 1 saturated heterocycles. The van der Waals surface area contributed by atoms with Gasteiger partial charge in [0.25, 0.3) is 0 Å². The highest BCUT2D eigenvalue weighted by atomic mass is 19.1. The predicted octanol–water partition coefficient (Wildman–Crippen LogP) is 2.66. The standard InChI is InChI=1S/C18H20FN5O3/c19-16-13(12-23-8-10-24(11-9-23)18(26)27)2-1-3-15(16)22-17(25)21-14-4-6-20-7-5-14/h1-7H,8-12H2,(H,26,27)(H2,20,21,22,25). The highest BCUT2D eigenvalue weighted by molar-refractivity contribution is 5.99. The molecule has 3 N–H and O–H groups in total. The normalized spacial score (nSPS) is 14.6. The number of anilines is 2. The van der Waals surface area contributed by atoms with Crippen molar-refractivity contribution in [3.8, 4) is 0 Å². The van der Waals surface area contributed by atoms with Crippen molar-refractivity contribution in [2.24, 2.45) is 0 Å². The maximum absolute atomic E-state index is 14.7. The number of benzene rings is 1. The van der Waals surface area contributed by atoms with Gasteiger partial charge in [-0.15, -0.1) is 0 Å². The number of carboxylic acid groups (broad SMARTS) is 1. The van der Waals surface area contributed by atoms with E-state index in [1.54, 1.807) is 36.7 Å². The third-order valence-corrected chi connectivity index (χ3v) is 4.30. The summed E-state index contributed by atoms with van der Waals surface area (Å²) in [6.07, 6.45) is 2.15. The van der Waals surface area contributed by atoms with Crippen molar-refractivity contribution in [2.45, 2.75) is 6.54 Å². The SMILES string of the molecule is O=C(Nc1ccncc1)Nc1cccc(CN2CCN(C(=O)O)CC2)c1F. The van der Waals surface area contributed by atoms with Crippen LogP contribution in [0, 0.1) is 5.82 Å². The Morgan fingerprint density at radius 1 is 1.07 bits per heavy atom. The first-order valence-electron chi connectivity index (χ1n) is 8.48. The zero-order chi connectivity index (χ0) is 19.2. The predicted molar refractivity (Wildman–Crippen MR) is 98.2 cm³/mol. The fraction of sp³-hybridized carbons (Fsp3) is 0.278. The van der Waals surface area contributed by atoms with Crippen molar-refractivity contribution in [1.29, 1.82) is 0 Å². The number of pyridine rings is 1. The van der Waals surface area contributed by atoms with Crippen LogP contribution in [0.4, 0.5) is 25.4 Å². The summed E-state index contributed by atoms with van der Waals surface area (Å²) in [7, 11) is 0. The van der Waals surface area contributed by atoms with Crippen molar-refractivity contribution in [3.63, 3.8) is 0 Å². The average molecular weight is 373 g/mol. The van der Waals surface area contributed by atoms with Crippen LogP contribution in [0.5, 0.6) is 0 Å². The van der Waals surface area contributed by atoms with Crippen molar-refractivity contribution >= 4 is 23.5 Å². The van der Waals surface area contributed by atoms with Gasteiger partial charge >= 0.3 is 12.1 Å². The Hall–Kier alpha value is -3.20. The van der Waals surface area contributed by atoms with Gasteiger partial charge in [-0.3, -0.25) is 9.88 Å². The summed E-state index contributed by atoms with van der Waals surface area (Å²) in [6, 6.07) is 7.53. The summed E-state index contributed by atoms with van der Waals surface area (Å²) in [6.45, 7) is 2.20. The minimum Gasteiger partial charge on any atom is -0.465 e. The van der Waals surface area contributed by atoms with E-state index in [1.165, 1.54) is 11.0 Å². The van der Waals surface area contributed by atoms with E-state index in [2.05, 4.69) is 15.6 Å². The van der Waals surface area contributed by atoms with Gasteiger partial charge in [0.1, 0.15) is 0 Å². The molecule has 9 heteroatoms. The van der Waals surface area contributed by atoms with Crippen LogP contribution in [0.15, 0.2) is 42.7 Å². The Morgan fingerprint density at radius 2 is 1.78 bits per heavy atom. The minimum atomic E-state index is -0.938. The monoisotopic (exact) mass is 373 g/mol. The first-order chi connectivity index (χ1) is 13.0. The number of carbonyl (C=O) groups excluding carboxylic acids is 1. The molecule has 1 aromatic heterocycles. The lowest BCUT2D eigenvalue weighted by molar-refractivity contribution is 0.102. The van der Waals surface area contributed by atoms with Crippen molar-refractivity contribution in [2.75, 3.05) is 36.8 Å². The lowest BCUT2D eigenvalue weighted by Gasteiger charge is -2.33. The molecule has 3 amide bonds. The summed E-state index contributed by atoms with van der Waals surface area (Å²) < 4.78 is 14.7. The van der Waals surface area contributed by atoms with Gasteiger partial charge in [0, 0.05) is 56.4 Å². The molecule has 1 aliphatic rings. The largest absolute Gasteiger partial charge is 0.465 e. The number of rotatable bonds is 4. The molecule has 0 radical (unpaired) electrons. The Labute approximate surface area is 155 Å². The van der Waals surface area contributed by atoms with Crippen molar-refractivity contribution < 1.29 is 19.1 Å². The Bertz CT molecular complexity index is 810. The molecule has 27 heavy (non-hydrogen) atoms. The smallest absolute Gasteiger partial charge is 0.407 e. The Balaban J connectivity index is 1.60. The molecular weight excluding hydrogens is 353 g/mol. The molecule has 0 aliphatic carbocycles. The highest BCUT2D eigenvalue weighted by Gasteiger charge is 2.21. The maximum atomic E-state index is 14.7. The molecule has 3 rings (SSSR count). The highest BCUT2D eigenvalue weighted by Crippen LogP contribution is 2.20. The minimum absolute atomic E-state index is 0.0863. The summed E-state index contributed by atoms with van der Waals surface area (Å²) in [4.78, 5) is 30.2. The molecule has 0 unspecified atom stereocenters. The number of aromatic nitrogens is 1. The molecule has 0 bridgehead atoms. The van der Waals surface area contributed by atoms with E-state index in [0.717, 1.165) is 0 Å². The molecule has 0 saturated carbocycles. The number of hydrogen-bond acceptors (Lipinski definition) is 4. The zero-order valence-corrected chi connectivity index (χ0v) is 14.6. The number of halogens is 1. The van der Waals surface area contributed by atoms with Crippen LogP contribution in [0.25, 0.3) is 0 Å². The van der Waals surface area contributed by atoms with Crippen LogP contribution in [0.2, 0.25) is 0 Å². The van der Waals surface area contributed by atoms with Crippen LogP contribution in [0.1, 0.15) is 5.56 Å². The lowest BCUT2D eigenvalue weighted by Crippen LogP contribution is -2.47. The van der Waals surface area contributed by atoms with E-state index < -0.39 is 17.9 Å². The van der Waals surface area contributed by atoms with Gasteiger partial charge in [-0.05, 0) is 18.2 Å². The van der Waals surface area contributed by atoms with E-state index in [9.17, 15) is 14.0 Å². The third kappa shape index (κ3) is 4.91. The van der Waals surface area contributed by atoms with Crippen molar-refractivity contribution in [1.82, 2.24) is 14.8 Å². The Kier molecular flexibility index (Phi) is 5.82. The van der Waals surface area contributed by atoms with E-state index in [0.29, 0.717) is 44.0 Å². The first kappa shape index (κ1) is 18.6. The van der Waals surface area contributed by atoms with Gasteiger partial charge in [0.05, 0.1) is 5.69 Å². The van der Waals surface area contributed by atoms with Gasteiger partial charge in [-0.2, -0.15) is 0 Å². The number of carbonyl (C=O) groups is 2. The fourth-order valence-electron chi connectivity index (χ4n) is 2.86. The van der Waals surface area contributed by atoms with E-state index in [1.807, 2.05) is 4.90 Å². The molecule has 1 fully saturated rings. The Morgan fingerprint density at radius 3 is 2.44 bits per heavy atom. The third-order valence-electron chi connectivity index (χ3n) is 4.30. The average Bonchev–Trinajstić information content (AvgIpc) is 2.66. The summed E-state index contributed by atoms with van der Waals surface area (Å²) >= 11 is 0. The summed E-state index contributed by atoms with van der Waals surface area (Å²) in [5.74, 6) is -0.497. The molecule has 2 aromatic rings. The van der Waals surface area contributed by atoms with Crippen LogP contribution in [-0.4, -0.2) is 58.2 Å². The van der Waals surface area contributed by atoms with E-state index in [-0.39, 0.29) is 5.69 Å². The topological polar surface area (TPSA) is 97.8 Å². The molecule has 1 aromatic carbocycles. The van der Waals surface area contributed by atoms with Crippen LogP contribution in [-0.2, 0) is 6.54 Å². The molecule has 142 valence electrons. The van der Waals surface area contributed by atoms with E-state index >= 15 is 0 Å². The summed E-state index contributed by atoms with van der Waals surface area (Å²) in [5, 5.41) is 14.1. The number of piperazine rings is 1. The second-order valence-electron chi connectivity index (χ2n) is 6.14. The molecule has 0 atom stereocenters. The molecule has 0 spiro atoms. The van der Waals surface area contributed by atoms with E-state index in [4.69, 9.17) is 5.11 Å². The first-order valence-corrected chi connectivity index (χ1v) is 8.48. The van der Waals surface area contributed by atoms with Gasteiger partial charge in [-0.1, -0.05) is 12.1 Å². The number of nitrogens with zero attached hydrogens (tertiary/aromatic N) is 3.